The Morgan fingerprint density at radius 1 is 1.73 bits per heavy atom. The largest absolute Gasteiger partial charge is 0.481 e. The Balaban J connectivity index is 2.56. The van der Waals surface area contributed by atoms with Crippen LogP contribution in [0.5, 0.6) is 0 Å². The molecule has 0 radical (unpaired) electrons. The molecule has 0 saturated carbocycles. The highest BCUT2D eigenvalue weighted by molar-refractivity contribution is 5.67. The van der Waals surface area contributed by atoms with Crippen molar-refractivity contribution in [1.82, 2.24) is 0 Å². The number of rotatable bonds is 3. The van der Waals surface area contributed by atoms with E-state index in [0.717, 1.165) is 0 Å². The number of aliphatic carboxylic acids is 1. The molecule has 0 bridgehead atoms. The molecule has 0 aliphatic carbocycles. The van der Waals surface area contributed by atoms with E-state index in [1.807, 2.05) is 0 Å². The minimum absolute atomic E-state index is 0.292. The van der Waals surface area contributed by atoms with Gasteiger partial charge in [-0.25, -0.2) is 0 Å². The Bertz CT molecular complexity index is 227. The van der Waals surface area contributed by atoms with Crippen LogP contribution < -0.4 is 0 Å². The molecule has 0 saturated heterocycles. The van der Waals surface area contributed by atoms with E-state index in [4.69, 9.17) is 10.2 Å². The van der Waals surface area contributed by atoms with Crippen molar-refractivity contribution in [2.45, 2.75) is 12.5 Å². The number of hydrogen-bond donors (Lipinski definition) is 2. The van der Waals surface area contributed by atoms with Gasteiger partial charge >= 0.3 is 5.97 Å². The first kappa shape index (κ1) is 7.81. The number of aliphatic hydroxyl groups is 1. The molecule has 11 heavy (non-hydrogen) atoms. The predicted molar refractivity (Wildman–Crippen MR) is 35.9 cm³/mol. The Labute approximate surface area is 63.1 Å². The standard InChI is InChI=1S/C7H8O4/c8-6(3-7(9)10)5-1-2-11-4-5/h1-2,4,6,8H,3H2,(H,9,10). The predicted octanol–water partition coefficient (Wildman–Crippen LogP) is 0.788. The highest BCUT2D eigenvalue weighted by Crippen LogP contribution is 2.15. The van der Waals surface area contributed by atoms with E-state index in [2.05, 4.69) is 4.42 Å². The fraction of sp³-hybridized carbons (Fsp3) is 0.286. The van der Waals surface area contributed by atoms with E-state index in [1.54, 1.807) is 0 Å². The molecule has 0 aliphatic heterocycles. The zero-order chi connectivity index (χ0) is 8.27. The van der Waals surface area contributed by atoms with Crippen LogP contribution in [-0.2, 0) is 4.79 Å². The van der Waals surface area contributed by atoms with Crippen LogP contribution in [0.3, 0.4) is 0 Å². The summed E-state index contributed by atoms with van der Waals surface area (Å²) in [5.74, 6) is -1.03. The van der Waals surface area contributed by atoms with Gasteiger partial charge in [0, 0.05) is 5.56 Å². The minimum Gasteiger partial charge on any atom is -0.481 e. The fourth-order valence-electron chi connectivity index (χ4n) is 0.748. The zero-order valence-electron chi connectivity index (χ0n) is 5.73. The molecule has 1 aromatic heterocycles. The van der Waals surface area contributed by atoms with Crippen molar-refractivity contribution in [2.75, 3.05) is 0 Å². The van der Waals surface area contributed by atoms with Crippen molar-refractivity contribution in [1.29, 1.82) is 0 Å². The fourth-order valence-corrected chi connectivity index (χ4v) is 0.748. The molecule has 0 aromatic carbocycles. The lowest BCUT2D eigenvalue weighted by Crippen LogP contribution is -2.03. The van der Waals surface area contributed by atoms with Gasteiger partial charge in [0.2, 0.25) is 0 Å². The number of hydrogen-bond acceptors (Lipinski definition) is 3. The molecule has 2 N–H and O–H groups in total. The second-order valence-corrected chi connectivity index (χ2v) is 2.17. The molecule has 4 nitrogen and oxygen atoms in total. The highest BCUT2D eigenvalue weighted by atomic mass is 16.4. The first-order chi connectivity index (χ1) is 5.20. The number of carboxylic acid groups (broad SMARTS) is 1. The first-order valence-corrected chi connectivity index (χ1v) is 3.12. The maximum absolute atomic E-state index is 10.1. The number of aliphatic hydroxyl groups excluding tert-OH is 1. The molecule has 0 amide bonds. The number of furan rings is 1. The first-order valence-electron chi connectivity index (χ1n) is 3.12. The molecule has 1 rings (SSSR count). The highest BCUT2D eigenvalue weighted by Gasteiger charge is 2.12. The molecule has 0 fully saturated rings. The topological polar surface area (TPSA) is 70.7 Å². The van der Waals surface area contributed by atoms with Crippen molar-refractivity contribution in [3.8, 4) is 0 Å². The molecule has 1 unspecified atom stereocenters. The average Bonchev–Trinajstić information content (AvgIpc) is 2.35. The maximum atomic E-state index is 10.1. The Morgan fingerprint density at radius 2 is 2.45 bits per heavy atom. The van der Waals surface area contributed by atoms with Crippen LogP contribution in [0.15, 0.2) is 23.0 Å². The van der Waals surface area contributed by atoms with Gasteiger partial charge in [-0.1, -0.05) is 0 Å². The summed E-state index contributed by atoms with van der Waals surface area (Å²) in [6.45, 7) is 0. The Hall–Kier alpha value is -1.29. The third-order valence-electron chi connectivity index (χ3n) is 1.30. The Morgan fingerprint density at radius 3 is 2.91 bits per heavy atom. The van der Waals surface area contributed by atoms with Crippen LogP contribution >= 0.6 is 0 Å². The lowest BCUT2D eigenvalue weighted by molar-refractivity contribution is -0.139. The van der Waals surface area contributed by atoms with Crippen molar-refractivity contribution in [3.63, 3.8) is 0 Å². The normalized spacial score (nSPS) is 12.8. The van der Waals surface area contributed by atoms with Gasteiger partial charge in [-0.05, 0) is 6.07 Å². The molecular formula is C7H8O4. The third kappa shape index (κ3) is 2.09. The SMILES string of the molecule is O=C(O)CC(O)c1ccoc1. The van der Waals surface area contributed by atoms with E-state index < -0.39 is 12.1 Å². The van der Waals surface area contributed by atoms with Crippen LogP contribution in [0, 0.1) is 0 Å². The zero-order valence-corrected chi connectivity index (χ0v) is 5.73. The van der Waals surface area contributed by atoms with E-state index in [1.165, 1.54) is 18.6 Å². The lowest BCUT2D eigenvalue weighted by atomic mass is 10.1. The quantitative estimate of drug-likeness (QED) is 0.678. The molecule has 1 heterocycles. The lowest BCUT2D eigenvalue weighted by Gasteiger charge is -2.02. The molecule has 1 aromatic rings. The van der Waals surface area contributed by atoms with Gasteiger partial charge in [0.05, 0.1) is 25.1 Å². The van der Waals surface area contributed by atoms with Crippen molar-refractivity contribution >= 4 is 5.97 Å². The summed E-state index contributed by atoms with van der Waals surface area (Å²) in [7, 11) is 0. The summed E-state index contributed by atoms with van der Waals surface area (Å²) < 4.78 is 4.66. The van der Waals surface area contributed by atoms with Crippen molar-refractivity contribution < 1.29 is 19.4 Å². The van der Waals surface area contributed by atoms with Gasteiger partial charge in [-0.2, -0.15) is 0 Å². The average molecular weight is 156 g/mol. The van der Waals surface area contributed by atoms with Gasteiger partial charge < -0.3 is 14.6 Å². The second-order valence-electron chi connectivity index (χ2n) is 2.17. The smallest absolute Gasteiger partial charge is 0.306 e. The van der Waals surface area contributed by atoms with Gasteiger partial charge in [-0.3, -0.25) is 4.79 Å². The van der Waals surface area contributed by atoms with E-state index in [0.29, 0.717) is 5.56 Å². The van der Waals surface area contributed by atoms with Gasteiger partial charge in [0.25, 0.3) is 0 Å². The van der Waals surface area contributed by atoms with Crippen molar-refractivity contribution in [2.24, 2.45) is 0 Å². The van der Waals surface area contributed by atoms with Crippen LogP contribution in [0.2, 0.25) is 0 Å². The van der Waals surface area contributed by atoms with E-state index in [9.17, 15) is 4.79 Å². The summed E-state index contributed by atoms with van der Waals surface area (Å²) in [4.78, 5) is 10.1. The summed E-state index contributed by atoms with van der Waals surface area (Å²) in [6.07, 6.45) is 1.46. The number of carboxylic acids is 1. The molecule has 4 heteroatoms. The molecule has 60 valence electrons. The summed E-state index contributed by atoms with van der Waals surface area (Å²) in [5.41, 5.74) is 0.493. The van der Waals surface area contributed by atoms with Crippen LogP contribution in [-0.4, -0.2) is 16.2 Å². The van der Waals surface area contributed by atoms with Gasteiger partial charge in [-0.15, -0.1) is 0 Å². The van der Waals surface area contributed by atoms with Gasteiger partial charge in [0.1, 0.15) is 0 Å². The van der Waals surface area contributed by atoms with Crippen molar-refractivity contribution in [3.05, 3.63) is 24.2 Å². The van der Waals surface area contributed by atoms with E-state index in [-0.39, 0.29) is 6.42 Å². The molecule has 0 aliphatic rings. The second kappa shape index (κ2) is 3.21. The monoisotopic (exact) mass is 156 g/mol. The Kier molecular flexibility index (Phi) is 2.28. The summed E-state index contributed by atoms with van der Waals surface area (Å²) >= 11 is 0. The number of carbonyl (C=O) groups is 1. The van der Waals surface area contributed by atoms with Crippen LogP contribution in [0.4, 0.5) is 0 Å². The van der Waals surface area contributed by atoms with E-state index >= 15 is 0 Å². The van der Waals surface area contributed by atoms with Crippen LogP contribution in [0.25, 0.3) is 0 Å². The molecule has 1 atom stereocenters. The summed E-state index contributed by atoms with van der Waals surface area (Å²) in [6, 6.07) is 1.54. The van der Waals surface area contributed by atoms with Crippen LogP contribution in [0.1, 0.15) is 18.1 Å². The summed E-state index contributed by atoms with van der Waals surface area (Å²) in [5, 5.41) is 17.4. The maximum Gasteiger partial charge on any atom is 0.306 e. The molecular weight excluding hydrogens is 148 g/mol. The third-order valence-corrected chi connectivity index (χ3v) is 1.30. The van der Waals surface area contributed by atoms with Gasteiger partial charge in [0.15, 0.2) is 0 Å². The minimum atomic E-state index is -1.03. The molecule has 0 spiro atoms.